The molecular weight excluding hydrogens is 334 g/mol. The van der Waals surface area contributed by atoms with Gasteiger partial charge in [-0.25, -0.2) is 0 Å². The molecule has 0 bridgehead atoms. The largest absolute Gasteiger partial charge is 0.491 e. The van der Waals surface area contributed by atoms with Crippen LogP contribution in [0.1, 0.15) is 31.4 Å². The summed E-state index contributed by atoms with van der Waals surface area (Å²) in [5, 5.41) is 3.45. The Balaban J connectivity index is 1.52. The Morgan fingerprint density at radius 1 is 0.815 bits per heavy atom. The Hall–Kier alpha value is -2.94. The highest BCUT2D eigenvalue weighted by molar-refractivity contribution is 5.48. The molecule has 0 heterocycles. The van der Waals surface area contributed by atoms with Gasteiger partial charge >= 0.3 is 0 Å². The molecule has 0 spiro atoms. The van der Waals surface area contributed by atoms with Crippen molar-refractivity contribution in [1.29, 1.82) is 0 Å². The zero-order valence-corrected chi connectivity index (χ0v) is 16.0. The maximum absolute atomic E-state index is 5.89. The molecule has 3 aromatic carbocycles. The molecule has 0 aliphatic rings. The molecule has 0 aliphatic heterocycles. The third-order valence-corrected chi connectivity index (χ3v) is 4.41. The predicted molar refractivity (Wildman–Crippen MR) is 111 cm³/mol. The van der Waals surface area contributed by atoms with Crippen molar-refractivity contribution in [2.24, 2.45) is 0 Å². The minimum atomic E-state index is 0.243. The van der Waals surface area contributed by atoms with Gasteiger partial charge in [0.15, 0.2) is 0 Å². The van der Waals surface area contributed by atoms with E-state index in [0.717, 1.165) is 35.7 Å². The van der Waals surface area contributed by atoms with Crippen LogP contribution in [0.4, 0.5) is 5.69 Å². The minimum absolute atomic E-state index is 0.243. The van der Waals surface area contributed by atoms with Crippen molar-refractivity contribution in [3.8, 4) is 11.5 Å². The third-order valence-electron chi connectivity index (χ3n) is 4.41. The SMILES string of the molecule is CCC(C)Oc1ccc(CNc2cccc(OCc3ccccc3)c2)cc1. The molecule has 0 radical (unpaired) electrons. The van der Waals surface area contributed by atoms with Crippen molar-refractivity contribution in [2.75, 3.05) is 5.32 Å². The lowest BCUT2D eigenvalue weighted by atomic mass is 10.2. The van der Waals surface area contributed by atoms with Gasteiger partial charge in [0.25, 0.3) is 0 Å². The van der Waals surface area contributed by atoms with Gasteiger partial charge in [0, 0.05) is 18.3 Å². The number of hydrogen-bond donors (Lipinski definition) is 1. The second-order valence-electron chi connectivity index (χ2n) is 6.64. The van der Waals surface area contributed by atoms with Gasteiger partial charge in [0.05, 0.1) is 6.10 Å². The molecule has 0 saturated carbocycles. The number of ether oxygens (including phenoxy) is 2. The molecule has 1 unspecified atom stereocenters. The summed E-state index contributed by atoms with van der Waals surface area (Å²) in [7, 11) is 0. The van der Waals surface area contributed by atoms with Gasteiger partial charge in [-0.2, -0.15) is 0 Å². The molecule has 0 saturated heterocycles. The minimum Gasteiger partial charge on any atom is -0.491 e. The molecule has 1 atom stereocenters. The van der Waals surface area contributed by atoms with Crippen molar-refractivity contribution in [2.45, 2.75) is 39.5 Å². The number of benzene rings is 3. The number of nitrogens with one attached hydrogen (secondary N) is 1. The quantitative estimate of drug-likeness (QED) is 0.503. The van der Waals surface area contributed by atoms with Crippen LogP contribution in [0.5, 0.6) is 11.5 Å². The van der Waals surface area contributed by atoms with E-state index in [4.69, 9.17) is 9.47 Å². The first-order valence-electron chi connectivity index (χ1n) is 9.49. The van der Waals surface area contributed by atoms with Gasteiger partial charge in [-0.15, -0.1) is 0 Å². The van der Waals surface area contributed by atoms with E-state index in [1.807, 2.05) is 48.5 Å². The average molecular weight is 361 g/mol. The topological polar surface area (TPSA) is 30.5 Å². The molecule has 3 rings (SSSR count). The number of rotatable bonds is 9. The van der Waals surface area contributed by atoms with Crippen molar-refractivity contribution in [1.82, 2.24) is 0 Å². The van der Waals surface area contributed by atoms with E-state index in [0.29, 0.717) is 6.61 Å². The van der Waals surface area contributed by atoms with Gasteiger partial charge in [0.2, 0.25) is 0 Å². The molecule has 1 N–H and O–H groups in total. The smallest absolute Gasteiger partial charge is 0.121 e. The van der Waals surface area contributed by atoms with E-state index < -0.39 is 0 Å². The summed E-state index contributed by atoms with van der Waals surface area (Å²) in [6.45, 7) is 5.54. The van der Waals surface area contributed by atoms with Crippen LogP contribution in [0.2, 0.25) is 0 Å². The fraction of sp³-hybridized carbons (Fsp3) is 0.250. The molecule has 0 aliphatic carbocycles. The zero-order chi connectivity index (χ0) is 18.9. The molecular formula is C24H27NO2. The van der Waals surface area contributed by atoms with E-state index in [-0.39, 0.29) is 6.10 Å². The first-order valence-corrected chi connectivity index (χ1v) is 9.49. The van der Waals surface area contributed by atoms with Crippen molar-refractivity contribution >= 4 is 5.69 Å². The summed E-state index contributed by atoms with van der Waals surface area (Å²) >= 11 is 0. The zero-order valence-electron chi connectivity index (χ0n) is 16.0. The molecule has 140 valence electrons. The van der Waals surface area contributed by atoms with Crippen LogP contribution in [-0.2, 0) is 13.2 Å². The average Bonchev–Trinajstić information content (AvgIpc) is 2.73. The maximum atomic E-state index is 5.89. The Morgan fingerprint density at radius 2 is 1.59 bits per heavy atom. The fourth-order valence-corrected chi connectivity index (χ4v) is 2.64. The Bertz CT molecular complexity index is 815. The highest BCUT2D eigenvalue weighted by Gasteiger charge is 2.02. The van der Waals surface area contributed by atoms with Gasteiger partial charge in [0.1, 0.15) is 18.1 Å². The number of hydrogen-bond acceptors (Lipinski definition) is 3. The normalized spacial score (nSPS) is 11.6. The highest BCUT2D eigenvalue weighted by Crippen LogP contribution is 2.20. The van der Waals surface area contributed by atoms with Crippen LogP contribution < -0.4 is 14.8 Å². The summed E-state index contributed by atoms with van der Waals surface area (Å²) in [6, 6.07) is 26.5. The van der Waals surface area contributed by atoms with Crippen molar-refractivity contribution in [3.63, 3.8) is 0 Å². The Morgan fingerprint density at radius 3 is 2.33 bits per heavy atom. The van der Waals surface area contributed by atoms with Crippen LogP contribution in [0.15, 0.2) is 78.9 Å². The van der Waals surface area contributed by atoms with E-state index in [9.17, 15) is 0 Å². The van der Waals surface area contributed by atoms with Crippen LogP contribution >= 0.6 is 0 Å². The molecule has 0 fully saturated rings. The van der Waals surface area contributed by atoms with Crippen LogP contribution in [0.3, 0.4) is 0 Å². The van der Waals surface area contributed by atoms with Crippen molar-refractivity contribution < 1.29 is 9.47 Å². The molecule has 0 amide bonds. The Kier molecular flexibility index (Phi) is 6.75. The lowest BCUT2D eigenvalue weighted by Gasteiger charge is -2.13. The summed E-state index contributed by atoms with van der Waals surface area (Å²) in [4.78, 5) is 0. The summed E-state index contributed by atoms with van der Waals surface area (Å²) in [6.07, 6.45) is 1.25. The lowest BCUT2D eigenvalue weighted by molar-refractivity contribution is 0.217. The van der Waals surface area contributed by atoms with E-state index in [2.05, 4.69) is 49.5 Å². The van der Waals surface area contributed by atoms with E-state index in [1.165, 1.54) is 5.56 Å². The van der Waals surface area contributed by atoms with Crippen LogP contribution in [0.25, 0.3) is 0 Å². The second kappa shape index (κ2) is 9.67. The van der Waals surface area contributed by atoms with Crippen molar-refractivity contribution in [3.05, 3.63) is 90.0 Å². The van der Waals surface area contributed by atoms with E-state index >= 15 is 0 Å². The first-order chi connectivity index (χ1) is 13.2. The molecule has 0 aromatic heterocycles. The van der Waals surface area contributed by atoms with Crippen LogP contribution in [0, 0.1) is 0 Å². The third kappa shape index (κ3) is 6.07. The summed E-state index contributed by atoms with van der Waals surface area (Å²) < 4.78 is 11.7. The van der Waals surface area contributed by atoms with E-state index in [1.54, 1.807) is 0 Å². The molecule has 3 nitrogen and oxygen atoms in total. The molecule has 3 aromatic rings. The lowest BCUT2D eigenvalue weighted by Crippen LogP contribution is -2.09. The summed E-state index contributed by atoms with van der Waals surface area (Å²) in [5.41, 5.74) is 3.41. The first kappa shape index (κ1) is 18.8. The van der Waals surface area contributed by atoms with Gasteiger partial charge < -0.3 is 14.8 Å². The highest BCUT2D eigenvalue weighted by atomic mass is 16.5. The standard InChI is InChI=1S/C24H27NO2/c1-3-19(2)27-23-14-12-20(13-15-23)17-25-22-10-7-11-24(16-22)26-18-21-8-5-4-6-9-21/h4-16,19,25H,3,17-18H2,1-2H3. The van der Waals surface area contributed by atoms with Crippen LogP contribution in [-0.4, -0.2) is 6.10 Å². The monoisotopic (exact) mass is 361 g/mol. The number of anilines is 1. The Labute approximate surface area is 162 Å². The fourth-order valence-electron chi connectivity index (χ4n) is 2.64. The molecule has 27 heavy (non-hydrogen) atoms. The maximum Gasteiger partial charge on any atom is 0.121 e. The molecule has 3 heteroatoms. The predicted octanol–water partition coefficient (Wildman–Crippen LogP) is 6.06. The van der Waals surface area contributed by atoms with Gasteiger partial charge in [-0.1, -0.05) is 55.5 Å². The summed E-state index contributed by atoms with van der Waals surface area (Å²) in [5.74, 6) is 1.78. The van der Waals surface area contributed by atoms with Gasteiger partial charge in [-0.3, -0.25) is 0 Å². The second-order valence-corrected chi connectivity index (χ2v) is 6.64. The van der Waals surface area contributed by atoms with Gasteiger partial charge in [-0.05, 0) is 48.7 Å².